The van der Waals surface area contributed by atoms with E-state index in [-0.39, 0.29) is 0 Å². The van der Waals surface area contributed by atoms with Crippen LogP contribution >= 0.6 is 11.9 Å². The van der Waals surface area contributed by atoms with Crippen molar-refractivity contribution in [1.82, 2.24) is 9.84 Å². The standard InChI is InChI=1S/C10H14N4S/c1-14-13-7-10(15-14)9-4-2-8(3-5-9)6-12-11/h2-5,7,10,12H,6,11H2,1H3. The van der Waals surface area contributed by atoms with Crippen LogP contribution in [0.25, 0.3) is 0 Å². The van der Waals surface area contributed by atoms with Crippen molar-refractivity contribution in [2.45, 2.75) is 11.8 Å². The van der Waals surface area contributed by atoms with Crippen LogP contribution in [0.15, 0.2) is 29.4 Å². The lowest BCUT2D eigenvalue weighted by atomic mass is 10.1. The molecular formula is C10H14N4S. The topological polar surface area (TPSA) is 53.6 Å². The van der Waals surface area contributed by atoms with Crippen molar-refractivity contribution in [3.05, 3.63) is 35.4 Å². The highest BCUT2D eigenvalue weighted by atomic mass is 32.2. The molecule has 0 amide bonds. The molecule has 0 radical (unpaired) electrons. The van der Waals surface area contributed by atoms with Gasteiger partial charge in [0.25, 0.3) is 0 Å². The Morgan fingerprint density at radius 2 is 2.20 bits per heavy atom. The average Bonchev–Trinajstić information content (AvgIpc) is 2.67. The summed E-state index contributed by atoms with van der Waals surface area (Å²) >= 11 is 1.71. The van der Waals surface area contributed by atoms with Gasteiger partial charge in [0.2, 0.25) is 0 Å². The van der Waals surface area contributed by atoms with Gasteiger partial charge in [-0.2, -0.15) is 5.10 Å². The van der Waals surface area contributed by atoms with Gasteiger partial charge in [0, 0.05) is 19.8 Å². The van der Waals surface area contributed by atoms with Gasteiger partial charge < -0.3 is 0 Å². The van der Waals surface area contributed by atoms with Gasteiger partial charge in [-0.15, -0.1) is 0 Å². The van der Waals surface area contributed by atoms with Crippen LogP contribution in [0.5, 0.6) is 0 Å². The molecule has 3 N–H and O–H groups in total. The lowest BCUT2D eigenvalue weighted by molar-refractivity contribution is 0.630. The number of hydrogen-bond acceptors (Lipinski definition) is 5. The fourth-order valence-corrected chi connectivity index (χ4v) is 2.29. The molecule has 1 unspecified atom stereocenters. The zero-order valence-electron chi connectivity index (χ0n) is 8.55. The van der Waals surface area contributed by atoms with E-state index in [9.17, 15) is 0 Å². The molecule has 1 aliphatic rings. The van der Waals surface area contributed by atoms with Crippen molar-refractivity contribution >= 4 is 18.2 Å². The summed E-state index contributed by atoms with van der Waals surface area (Å²) in [7, 11) is 1.95. The van der Waals surface area contributed by atoms with Crippen LogP contribution in [0.2, 0.25) is 0 Å². The lowest BCUT2D eigenvalue weighted by Gasteiger charge is -2.09. The van der Waals surface area contributed by atoms with Gasteiger partial charge in [-0.25, -0.2) is 4.41 Å². The Morgan fingerprint density at radius 1 is 1.47 bits per heavy atom. The highest BCUT2D eigenvalue weighted by molar-refractivity contribution is 7.98. The van der Waals surface area contributed by atoms with Crippen molar-refractivity contribution in [2.75, 3.05) is 7.05 Å². The average molecular weight is 222 g/mol. The Morgan fingerprint density at radius 3 is 2.73 bits per heavy atom. The lowest BCUT2D eigenvalue weighted by Crippen LogP contribution is -2.20. The monoisotopic (exact) mass is 222 g/mol. The number of benzene rings is 1. The van der Waals surface area contributed by atoms with E-state index >= 15 is 0 Å². The zero-order valence-corrected chi connectivity index (χ0v) is 9.37. The van der Waals surface area contributed by atoms with Crippen molar-refractivity contribution < 1.29 is 0 Å². The van der Waals surface area contributed by atoms with E-state index in [2.05, 4.69) is 34.8 Å². The molecule has 5 heteroatoms. The molecule has 0 aliphatic carbocycles. The van der Waals surface area contributed by atoms with Crippen LogP contribution in [0.3, 0.4) is 0 Å². The molecule has 0 saturated carbocycles. The second-order valence-corrected chi connectivity index (χ2v) is 4.62. The van der Waals surface area contributed by atoms with E-state index in [1.165, 1.54) is 11.1 Å². The molecule has 2 rings (SSSR count). The second kappa shape index (κ2) is 4.65. The Bertz CT molecular complexity index is 349. The molecule has 0 spiro atoms. The first-order valence-electron chi connectivity index (χ1n) is 4.76. The van der Waals surface area contributed by atoms with Crippen LogP contribution < -0.4 is 11.3 Å². The van der Waals surface area contributed by atoms with Gasteiger partial charge >= 0.3 is 0 Å². The van der Waals surface area contributed by atoms with E-state index in [0.29, 0.717) is 11.8 Å². The summed E-state index contributed by atoms with van der Waals surface area (Å²) in [5.74, 6) is 5.26. The van der Waals surface area contributed by atoms with E-state index < -0.39 is 0 Å². The van der Waals surface area contributed by atoms with Crippen LogP contribution in [0.4, 0.5) is 0 Å². The van der Waals surface area contributed by atoms with E-state index in [4.69, 9.17) is 5.84 Å². The first-order chi connectivity index (χ1) is 7.29. The molecule has 0 fully saturated rings. The first-order valence-corrected chi connectivity index (χ1v) is 5.60. The Balaban J connectivity index is 2.07. The van der Waals surface area contributed by atoms with Gasteiger partial charge in [-0.05, 0) is 23.1 Å². The Kier molecular flexibility index (Phi) is 3.25. The van der Waals surface area contributed by atoms with Gasteiger partial charge in [-0.3, -0.25) is 11.3 Å². The number of nitrogens with zero attached hydrogens (tertiary/aromatic N) is 2. The molecule has 15 heavy (non-hydrogen) atoms. The van der Waals surface area contributed by atoms with Gasteiger partial charge in [0.05, 0.1) is 5.25 Å². The summed E-state index contributed by atoms with van der Waals surface area (Å²) in [6.45, 7) is 0.700. The maximum atomic E-state index is 5.26. The number of nitrogens with two attached hydrogens (primary N) is 1. The highest BCUT2D eigenvalue weighted by Crippen LogP contribution is 2.33. The fraction of sp³-hybridized carbons (Fsp3) is 0.300. The molecule has 0 saturated heterocycles. The largest absolute Gasteiger partial charge is 0.271 e. The third-order valence-corrected chi connectivity index (χ3v) is 3.27. The SMILES string of the molecule is CN1N=CC(c2ccc(CNN)cc2)S1. The predicted molar refractivity (Wildman–Crippen MR) is 64.1 cm³/mol. The predicted octanol–water partition coefficient (Wildman–Crippen LogP) is 1.27. The van der Waals surface area contributed by atoms with Crippen LogP contribution in [0.1, 0.15) is 16.4 Å². The molecule has 0 bridgehead atoms. The van der Waals surface area contributed by atoms with Crippen molar-refractivity contribution in [1.29, 1.82) is 0 Å². The zero-order chi connectivity index (χ0) is 10.7. The summed E-state index contributed by atoms with van der Waals surface area (Å²) in [4.78, 5) is 0. The van der Waals surface area contributed by atoms with Crippen molar-refractivity contribution in [3.63, 3.8) is 0 Å². The number of rotatable bonds is 3. The second-order valence-electron chi connectivity index (χ2n) is 3.38. The third kappa shape index (κ3) is 2.50. The van der Waals surface area contributed by atoms with Crippen LogP contribution in [-0.4, -0.2) is 17.7 Å². The summed E-state index contributed by atoms with van der Waals surface area (Å²) < 4.78 is 1.88. The number of hydrazine groups is 1. The highest BCUT2D eigenvalue weighted by Gasteiger charge is 2.17. The van der Waals surface area contributed by atoms with Crippen LogP contribution in [-0.2, 0) is 6.54 Å². The maximum absolute atomic E-state index is 5.26. The molecule has 1 heterocycles. The quantitative estimate of drug-likeness (QED) is 0.459. The molecule has 4 nitrogen and oxygen atoms in total. The maximum Gasteiger partial charge on any atom is 0.0882 e. The summed E-state index contributed by atoms with van der Waals surface area (Å²) in [6.07, 6.45) is 1.96. The molecule has 1 aromatic rings. The molecule has 80 valence electrons. The summed E-state index contributed by atoms with van der Waals surface area (Å²) in [6, 6.07) is 8.41. The molecular weight excluding hydrogens is 208 g/mol. The number of nitrogens with one attached hydrogen (secondary N) is 1. The van der Waals surface area contributed by atoms with E-state index in [1.807, 2.05) is 17.7 Å². The first kappa shape index (κ1) is 10.5. The molecule has 1 aliphatic heterocycles. The normalized spacial score (nSPS) is 19.9. The summed E-state index contributed by atoms with van der Waals surface area (Å²) in [5.41, 5.74) is 5.10. The Hall–Kier alpha value is -1.04. The van der Waals surface area contributed by atoms with E-state index in [0.717, 1.165) is 0 Å². The summed E-state index contributed by atoms with van der Waals surface area (Å²) in [5, 5.41) is 4.53. The Labute approximate surface area is 93.6 Å². The van der Waals surface area contributed by atoms with Crippen molar-refractivity contribution in [2.24, 2.45) is 10.9 Å². The minimum absolute atomic E-state index is 0.342. The smallest absolute Gasteiger partial charge is 0.0882 e. The minimum atomic E-state index is 0.342. The van der Waals surface area contributed by atoms with E-state index in [1.54, 1.807) is 11.9 Å². The van der Waals surface area contributed by atoms with Gasteiger partial charge in [0.1, 0.15) is 0 Å². The fourth-order valence-electron chi connectivity index (χ4n) is 1.46. The van der Waals surface area contributed by atoms with Crippen LogP contribution in [0, 0.1) is 0 Å². The van der Waals surface area contributed by atoms with Gasteiger partial charge in [0.15, 0.2) is 0 Å². The van der Waals surface area contributed by atoms with Gasteiger partial charge in [-0.1, -0.05) is 24.3 Å². The molecule has 1 atom stereocenters. The molecule has 1 aromatic carbocycles. The third-order valence-electron chi connectivity index (χ3n) is 2.25. The minimum Gasteiger partial charge on any atom is -0.271 e. The number of hydrazone groups is 1. The number of hydrogen-bond donors (Lipinski definition) is 2. The molecule has 0 aromatic heterocycles. The van der Waals surface area contributed by atoms with Crippen molar-refractivity contribution in [3.8, 4) is 0 Å².